The van der Waals surface area contributed by atoms with E-state index in [1.807, 2.05) is 0 Å². The van der Waals surface area contributed by atoms with Gasteiger partial charge in [-0.25, -0.2) is 0 Å². The zero-order valence-corrected chi connectivity index (χ0v) is 14.5. The molecule has 0 atom stereocenters. The molecule has 0 heterocycles. The maximum absolute atomic E-state index is 12.0. The summed E-state index contributed by atoms with van der Waals surface area (Å²) in [6.07, 6.45) is 6.59. The van der Waals surface area contributed by atoms with Crippen LogP contribution in [0, 0.1) is 5.41 Å². The number of nitrogens with one attached hydrogen (secondary N) is 1. The number of hydrogen-bond acceptors (Lipinski definition) is 3. The Bertz CT molecular complexity index is 259. The van der Waals surface area contributed by atoms with E-state index in [1.165, 1.54) is 19.3 Å². The number of carbonyl (C=O) groups is 1. The van der Waals surface area contributed by atoms with Gasteiger partial charge in [0.25, 0.3) is 0 Å². The third-order valence-corrected chi connectivity index (χ3v) is 4.24. The largest absolute Gasteiger partial charge is 0.355 e. The highest BCUT2D eigenvalue weighted by molar-refractivity contribution is 5.85. The van der Waals surface area contributed by atoms with Crippen molar-refractivity contribution in [3.8, 4) is 0 Å². The summed E-state index contributed by atoms with van der Waals surface area (Å²) in [5.41, 5.74) is 5.98. The average molecular weight is 328 g/mol. The molecule has 0 aromatic carbocycles. The minimum atomic E-state index is 0. The lowest BCUT2D eigenvalue weighted by atomic mass is 9.71. The summed E-state index contributed by atoms with van der Waals surface area (Å²) in [6.45, 7) is 5.44. The van der Waals surface area contributed by atoms with Crippen LogP contribution in [0.3, 0.4) is 0 Å². The molecule has 1 fully saturated rings. The van der Waals surface area contributed by atoms with Crippen molar-refractivity contribution in [2.45, 2.75) is 45.4 Å². The lowest BCUT2D eigenvalue weighted by molar-refractivity contribution is -0.123. The second-order valence-corrected chi connectivity index (χ2v) is 5.69. The van der Waals surface area contributed by atoms with Crippen LogP contribution in [0.1, 0.15) is 45.4 Å². The summed E-state index contributed by atoms with van der Waals surface area (Å²) in [4.78, 5) is 14.2. The fourth-order valence-electron chi connectivity index (χ4n) is 2.70. The summed E-state index contributed by atoms with van der Waals surface area (Å²) in [6, 6.07) is 0. The summed E-state index contributed by atoms with van der Waals surface area (Å²) >= 11 is 0. The number of halogens is 2. The molecular weight excluding hydrogens is 297 g/mol. The van der Waals surface area contributed by atoms with Gasteiger partial charge in [0.2, 0.25) is 5.91 Å². The van der Waals surface area contributed by atoms with E-state index >= 15 is 0 Å². The van der Waals surface area contributed by atoms with Crippen LogP contribution < -0.4 is 11.1 Å². The van der Waals surface area contributed by atoms with Crippen LogP contribution >= 0.6 is 24.8 Å². The molecule has 20 heavy (non-hydrogen) atoms. The van der Waals surface area contributed by atoms with Crippen molar-refractivity contribution in [1.82, 2.24) is 10.2 Å². The topological polar surface area (TPSA) is 58.4 Å². The van der Waals surface area contributed by atoms with Crippen molar-refractivity contribution in [2.24, 2.45) is 11.1 Å². The molecule has 0 aliphatic heterocycles. The second-order valence-electron chi connectivity index (χ2n) is 5.69. The predicted molar refractivity (Wildman–Crippen MR) is 89.9 cm³/mol. The molecule has 0 spiro atoms. The first-order valence-electron chi connectivity index (χ1n) is 7.27. The molecule has 1 saturated carbocycles. The SMILES string of the molecule is CCN(C)CCNC(=O)CC1(CN)CCCCC1.Cl.Cl. The van der Waals surface area contributed by atoms with E-state index in [4.69, 9.17) is 5.73 Å². The Hall–Kier alpha value is -0.0300. The molecule has 122 valence electrons. The molecule has 0 saturated heterocycles. The number of nitrogens with zero attached hydrogens (tertiary/aromatic N) is 1. The number of nitrogens with two attached hydrogens (primary N) is 1. The van der Waals surface area contributed by atoms with Crippen LogP contribution in [0.15, 0.2) is 0 Å². The second kappa shape index (κ2) is 11.6. The summed E-state index contributed by atoms with van der Waals surface area (Å²) in [5, 5.41) is 3.02. The highest BCUT2D eigenvalue weighted by Crippen LogP contribution is 2.38. The fraction of sp³-hybridized carbons (Fsp3) is 0.929. The molecule has 0 unspecified atom stereocenters. The van der Waals surface area contributed by atoms with Crippen molar-refractivity contribution in [1.29, 1.82) is 0 Å². The molecule has 0 aromatic rings. The number of likely N-dealkylation sites (N-methyl/N-ethyl adjacent to an activating group) is 1. The Morgan fingerprint density at radius 3 is 2.35 bits per heavy atom. The Morgan fingerprint density at radius 2 is 1.85 bits per heavy atom. The van der Waals surface area contributed by atoms with E-state index in [2.05, 4.69) is 24.2 Å². The van der Waals surface area contributed by atoms with Crippen LogP contribution in [0.25, 0.3) is 0 Å². The van der Waals surface area contributed by atoms with Crippen LogP contribution in [-0.4, -0.2) is 44.0 Å². The van der Waals surface area contributed by atoms with Crippen molar-refractivity contribution < 1.29 is 4.79 Å². The van der Waals surface area contributed by atoms with Gasteiger partial charge in [0.15, 0.2) is 0 Å². The van der Waals surface area contributed by atoms with Gasteiger partial charge >= 0.3 is 0 Å². The van der Waals surface area contributed by atoms with Gasteiger partial charge in [0.05, 0.1) is 0 Å². The first-order chi connectivity index (χ1) is 8.62. The Balaban J connectivity index is 0. The van der Waals surface area contributed by atoms with E-state index in [0.29, 0.717) is 13.0 Å². The van der Waals surface area contributed by atoms with Gasteiger partial charge in [-0.1, -0.05) is 26.2 Å². The smallest absolute Gasteiger partial charge is 0.220 e. The van der Waals surface area contributed by atoms with Crippen LogP contribution in [0.5, 0.6) is 0 Å². The molecule has 1 aliphatic rings. The Labute approximate surface area is 136 Å². The molecule has 1 aliphatic carbocycles. The molecule has 4 nitrogen and oxygen atoms in total. The molecule has 0 radical (unpaired) electrons. The van der Waals surface area contributed by atoms with Gasteiger partial charge < -0.3 is 16.0 Å². The predicted octanol–water partition coefficient (Wildman–Crippen LogP) is 2.20. The van der Waals surface area contributed by atoms with E-state index in [1.54, 1.807) is 0 Å². The minimum Gasteiger partial charge on any atom is -0.355 e. The maximum Gasteiger partial charge on any atom is 0.220 e. The zero-order valence-electron chi connectivity index (χ0n) is 12.8. The van der Waals surface area contributed by atoms with Crippen LogP contribution in [0.4, 0.5) is 0 Å². The van der Waals surface area contributed by atoms with Crippen molar-refractivity contribution in [3.05, 3.63) is 0 Å². The van der Waals surface area contributed by atoms with Gasteiger partial charge in [0, 0.05) is 19.5 Å². The van der Waals surface area contributed by atoms with Gasteiger partial charge in [0.1, 0.15) is 0 Å². The first-order valence-corrected chi connectivity index (χ1v) is 7.27. The summed E-state index contributed by atoms with van der Waals surface area (Å²) < 4.78 is 0. The Kier molecular flexibility index (Phi) is 12.9. The van der Waals surface area contributed by atoms with Gasteiger partial charge in [-0.05, 0) is 38.4 Å². The molecule has 1 rings (SSSR count). The number of carbonyl (C=O) groups excluding carboxylic acids is 1. The van der Waals surface area contributed by atoms with Gasteiger partial charge in [-0.3, -0.25) is 4.79 Å². The fourth-order valence-corrected chi connectivity index (χ4v) is 2.70. The molecular formula is C14H31Cl2N3O. The van der Waals surface area contributed by atoms with Crippen molar-refractivity contribution >= 4 is 30.7 Å². The highest BCUT2D eigenvalue weighted by Gasteiger charge is 2.32. The highest BCUT2D eigenvalue weighted by atomic mass is 35.5. The monoisotopic (exact) mass is 327 g/mol. The van der Waals surface area contributed by atoms with Gasteiger partial charge in [-0.15, -0.1) is 24.8 Å². The normalized spacial score (nSPS) is 17.0. The average Bonchev–Trinajstić information content (AvgIpc) is 2.39. The number of amides is 1. The number of hydrogen-bond donors (Lipinski definition) is 2. The van der Waals surface area contributed by atoms with E-state index in [9.17, 15) is 4.79 Å². The van der Waals surface area contributed by atoms with Crippen molar-refractivity contribution in [3.63, 3.8) is 0 Å². The van der Waals surface area contributed by atoms with E-state index in [-0.39, 0.29) is 36.1 Å². The number of rotatable bonds is 7. The quantitative estimate of drug-likeness (QED) is 0.753. The van der Waals surface area contributed by atoms with Crippen molar-refractivity contribution in [2.75, 3.05) is 33.2 Å². The molecule has 3 N–H and O–H groups in total. The lowest BCUT2D eigenvalue weighted by Gasteiger charge is -2.35. The standard InChI is InChI=1S/C14H29N3O.2ClH/c1-3-17(2)10-9-16-13(18)11-14(12-15)7-5-4-6-8-14;;/h3-12,15H2,1-2H3,(H,16,18);2*1H. The van der Waals surface area contributed by atoms with Crippen LogP contribution in [0.2, 0.25) is 0 Å². The maximum atomic E-state index is 12.0. The van der Waals surface area contributed by atoms with Gasteiger partial charge in [-0.2, -0.15) is 0 Å². The Morgan fingerprint density at radius 1 is 1.25 bits per heavy atom. The van der Waals surface area contributed by atoms with Crippen LogP contribution in [-0.2, 0) is 4.79 Å². The third-order valence-electron chi connectivity index (χ3n) is 4.24. The summed E-state index contributed by atoms with van der Waals surface area (Å²) in [5.74, 6) is 0.173. The molecule has 0 aromatic heterocycles. The molecule has 6 heteroatoms. The summed E-state index contributed by atoms with van der Waals surface area (Å²) in [7, 11) is 2.06. The third kappa shape index (κ3) is 7.67. The molecule has 0 bridgehead atoms. The van der Waals surface area contributed by atoms with E-state index < -0.39 is 0 Å². The lowest BCUT2D eigenvalue weighted by Crippen LogP contribution is -2.40. The minimum absolute atomic E-state index is 0. The zero-order chi connectivity index (χ0) is 13.4. The van der Waals surface area contributed by atoms with E-state index in [0.717, 1.165) is 32.5 Å². The molecule has 1 amide bonds. The first kappa shape index (κ1) is 22.3.